The van der Waals surface area contributed by atoms with Crippen LogP contribution in [0.2, 0.25) is 0 Å². The maximum Gasteiger partial charge on any atom is 0.298 e. The van der Waals surface area contributed by atoms with E-state index in [1.165, 1.54) is 13.2 Å². The first kappa shape index (κ1) is 12.6. The molecule has 90 valence electrons. The zero-order valence-electron chi connectivity index (χ0n) is 8.93. The van der Waals surface area contributed by atoms with Crippen molar-refractivity contribution in [3.05, 3.63) is 12.1 Å². The Balaban J connectivity index is 3.50. The highest BCUT2D eigenvalue weighted by molar-refractivity contribution is 7.86. The van der Waals surface area contributed by atoms with Gasteiger partial charge in [0.2, 0.25) is 0 Å². The molecular formula is C9H13NO5S. The molecule has 0 unspecified atom stereocenters. The Hall–Kier alpha value is -1.47. The van der Waals surface area contributed by atoms with Crippen LogP contribution in [0.3, 0.4) is 0 Å². The third-order valence-corrected chi connectivity index (χ3v) is 2.69. The summed E-state index contributed by atoms with van der Waals surface area (Å²) >= 11 is 0. The van der Waals surface area contributed by atoms with Crippen molar-refractivity contribution in [2.24, 2.45) is 0 Å². The van der Waals surface area contributed by atoms with Crippen molar-refractivity contribution in [3.63, 3.8) is 0 Å². The molecular weight excluding hydrogens is 234 g/mol. The Bertz CT molecular complexity index is 483. The number of nitrogens with two attached hydrogens (primary N) is 1. The maximum atomic E-state index is 11.1. The molecule has 0 bridgehead atoms. The molecule has 1 rings (SSSR count). The van der Waals surface area contributed by atoms with Crippen LogP contribution in [0.15, 0.2) is 17.0 Å². The van der Waals surface area contributed by atoms with Crippen LogP contribution in [-0.2, 0) is 10.1 Å². The lowest BCUT2D eigenvalue weighted by Crippen LogP contribution is -2.06. The van der Waals surface area contributed by atoms with Gasteiger partial charge < -0.3 is 15.2 Å². The van der Waals surface area contributed by atoms with Crippen molar-refractivity contribution in [2.75, 3.05) is 19.5 Å². The first-order valence-corrected chi connectivity index (χ1v) is 5.92. The van der Waals surface area contributed by atoms with Gasteiger partial charge >= 0.3 is 0 Å². The summed E-state index contributed by atoms with van der Waals surface area (Å²) in [6.45, 7) is 1.92. The largest absolute Gasteiger partial charge is 0.493 e. The molecule has 3 N–H and O–H groups in total. The van der Waals surface area contributed by atoms with Crippen molar-refractivity contribution in [2.45, 2.75) is 11.8 Å². The molecule has 0 saturated carbocycles. The summed E-state index contributed by atoms with van der Waals surface area (Å²) in [5.74, 6) is 0.121. The van der Waals surface area contributed by atoms with Crippen LogP contribution in [0.4, 0.5) is 5.69 Å². The fourth-order valence-corrected chi connectivity index (χ4v) is 1.91. The van der Waals surface area contributed by atoms with Gasteiger partial charge in [0.1, 0.15) is 4.90 Å². The van der Waals surface area contributed by atoms with Crippen LogP contribution in [0.5, 0.6) is 11.5 Å². The highest BCUT2D eigenvalue weighted by atomic mass is 32.2. The highest BCUT2D eigenvalue weighted by Gasteiger charge is 2.21. The Morgan fingerprint density at radius 3 is 2.50 bits per heavy atom. The molecule has 0 aliphatic rings. The Morgan fingerprint density at radius 1 is 1.44 bits per heavy atom. The number of rotatable bonds is 4. The van der Waals surface area contributed by atoms with E-state index < -0.39 is 15.0 Å². The van der Waals surface area contributed by atoms with E-state index in [1.54, 1.807) is 6.92 Å². The molecule has 0 atom stereocenters. The lowest BCUT2D eigenvalue weighted by Gasteiger charge is -2.13. The zero-order chi connectivity index (χ0) is 12.3. The van der Waals surface area contributed by atoms with Gasteiger partial charge in [0.15, 0.2) is 11.5 Å². The molecule has 0 aliphatic heterocycles. The maximum absolute atomic E-state index is 11.1. The van der Waals surface area contributed by atoms with Gasteiger partial charge in [-0.2, -0.15) is 8.42 Å². The molecule has 0 heterocycles. The first-order chi connectivity index (χ1) is 7.40. The Morgan fingerprint density at radius 2 is 2.06 bits per heavy atom. The minimum atomic E-state index is -4.40. The van der Waals surface area contributed by atoms with E-state index >= 15 is 0 Å². The summed E-state index contributed by atoms with van der Waals surface area (Å²) < 4.78 is 41.3. The van der Waals surface area contributed by atoms with Gasteiger partial charge in [-0.25, -0.2) is 0 Å². The SMILES string of the molecule is CCOc1c(OC)cc(N)cc1S(=O)(=O)O. The number of methoxy groups -OCH3 is 1. The number of hydrogen-bond acceptors (Lipinski definition) is 5. The number of hydrogen-bond donors (Lipinski definition) is 2. The molecule has 16 heavy (non-hydrogen) atoms. The lowest BCUT2D eigenvalue weighted by molar-refractivity contribution is 0.301. The summed E-state index contributed by atoms with van der Waals surface area (Å²) in [5, 5.41) is 0. The Labute approximate surface area is 93.7 Å². The van der Waals surface area contributed by atoms with Crippen molar-refractivity contribution in [1.29, 1.82) is 0 Å². The van der Waals surface area contributed by atoms with E-state index in [4.69, 9.17) is 19.8 Å². The van der Waals surface area contributed by atoms with Gasteiger partial charge in [0.05, 0.1) is 13.7 Å². The molecule has 0 fully saturated rings. The van der Waals surface area contributed by atoms with E-state index in [9.17, 15) is 8.42 Å². The molecule has 0 aromatic heterocycles. The van der Waals surface area contributed by atoms with E-state index in [0.717, 1.165) is 6.07 Å². The zero-order valence-corrected chi connectivity index (χ0v) is 9.74. The fraction of sp³-hybridized carbons (Fsp3) is 0.333. The number of benzene rings is 1. The lowest BCUT2D eigenvalue weighted by atomic mass is 10.3. The van der Waals surface area contributed by atoms with E-state index in [-0.39, 0.29) is 23.8 Å². The van der Waals surface area contributed by atoms with Crippen LogP contribution < -0.4 is 15.2 Å². The third-order valence-electron chi connectivity index (χ3n) is 1.83. The van der Waals surface area contributed by atoms with Gasteiger partial charge in [0, 0.05) is 11.8 Å². The van der Waals surface area contributed by atoms with E-state index in [2.05, 4.69) is 0 Å². The van der Waals surface area contributed by atoms with Gasteiger partial charge in [-0.3, -0.25) is 4.55 Å². The molecule has 0 amide bonds. The third kappa shape index (κ3) is 2.56. The van der Waals surface area contributed by atoms with Crippen LogP contribution in [0.1, 0.15) is 6.92 Å². The van der Waals surface area contributed by atoms with Crippen molar-refractivity contribution >= 4 is 15.8 Å². The summed E-state index contributed by atoms with van der Waals surface area (Å²) in [5.41, 5.74) is 5.65. The molecule has 0 saturated heterocycles. The van der Waals surface area contributed by atoms with E-state index in [0.29, 0.717) is 0 Å². The van der Waals surface area contributed by atoms with Crippen LogP contribution in [0.25, 0.3) is 0 Å². The molecule has 0 spiro atoms. The molecule has 0 aliphatic carbocycles. The highest BCUT2D eigenvalue weighted by Crippen LogP contribution is 2.36. The second kappa shape index (κ2) is 4.58. The van der Waals surface area contributed by atoms with Crippen LogP contribution >= 0.6 is 0 Å². The quantitative estimate of drug-likeness (QED) is 0.606. The van der Waals surface area contributed by atoms with Crippen LogP contribution in [0, 0.1) is 0 Å². The summed E-state index contributed by atoms with van der Waals surface area (Å²) in [4.78, 5) is -0.397. The topological polar surface area (TPSA) is 98.9 Å². The first-order valence-electron chi connectivity index (χ1n) is 4.48. The molecule has 1 aromatic rings. The standard InChI is InChI=1S/C9H13NO5S/c1-3-15-9-7(14-2)4-6(10)5-8(9)16(11,12)13/h4-5H,3,10H2,1-2H3,(H,11,12,13). The van der Waals surface area contributed by atoms with Gasteiger partial charge in [-0.15, -0.1) is 0 Å². The number of ether oxygens (including phenoxy) is 2. The van der Waals surface area contributed by atoms with Crippen molar-refractivity contribution in [1.82, 2.24) is 0 Å². The van der Waals surface area contributed by atoms with Crippen molar-refractivity contribution < 1.29 is 22.4 Å². The average Bonchev–Trinajstić information content (AvgIpc) is 2.18. The molecule has 7 heteroatoms. The molecule has 0 radical (unpaired) electrons. The van der Waals surface area contributed by atoms with Gasteiger partial charge in [-0.1, -0.05) is 0 Å². The minimum absolute atomic E-state index is 0.0401. The fourth-order valence-electron chi connectivity index (χ4n) is 1.23. The minimum Gasteiger partial charge on any atom is -0.493 e. The van der Waals surface area contributed by atoms with E-state index in [1.807, 2.05) is 0 Å². The van der Waals surface area contributed by atoms with Gasteiger partial charge in [0.25, 0.3) is 10.1 Å². The smallest absolute Gasteiger partial charge is 0.298 e. The summed E-state index contributed by atoms with van der Waals surface area (Å²) in [6.07, 6.45) is 0. The second-order valence-electron chi connectivity index (χ2n) is 2.96. The van der Waals surface area contributed by atoms with Crippen molar-refractivity contribution in [3.8, 4) is 11.5 Å². The second-order valence-corrected chi connectivity index (χ2v) is 4.35. The predicted octanol–water partition coefficient (Wildman–Crippen LogP) is 0.923. The Kier molecular flexibility index (Phi) is 3.61. The van der Waals surface area contributed by atoms with Crippen LogP contribution in [-0.4, -0.2) is 26.7 Å². The predicted molar refractivity (Wildman–Crippen MR) is 58.4 cm³/mol. The average molecular weight is 247 g/mol. The monoisotopic (exact) mass is 247 g/mol. The normalized spacial score (nSPS) is 11.2. The van der Waals surface area contributed by atoms with Gasteiger partial charge in [-0.05, 0) is 13.0 Å². The number of anilines is 1. The molecule has 1 aromatic carbocycles. The summed E-state index contributed by atoms with van der Waals surface area (Å²) in [6, 6.07) is 2.53. The molecule has 6 nitrogen and oxygen atoms in total. The number of nitrogen functional groups attached to an aromatic ring is 1. The summed E-state index contributed by atoms with van der Waals surface area (Å²) in [7, 11) is -3.04.